The van der Waals surface area contributed by atoms with Crippen LogP contribution in [0.25, 0.3) is 22.4 Å². The topological polar surface area (TPSA) is 21.8 Å². The molecule has 6 nitrogen and oxygen atoms in total. The monoisotopic (exact) mass is 1030 g/mol. The average molecular weight is 1030 g/mol. The SMILES string of the molecule is C#CC#CC.Cc1cc2c(cc1C)N(c1ccccc1)C(=C1N(c3ccccc3)c3cc(C)c(C)cc3N1c1ccccc1)N2c1ccccc1.Cc1cc2c(cc1C)[n+](-c1ccccc1)cn2-c1ccccc1.[2H]CF.[Cl-]. The summed E-state index contributed by atoms with van der Waals surface area (Å²) in [5, 5.41) is 0. The van der Waals surface area contributed by atoms with Crippen molar-refractivity contribution in [1.29, 1.82) is 0 Å². The van der Waals surface area contributed by atoms with Crippen LogP contribution in [-0.4, -0.2) is 11.7 Å². The summed E-state index contributed by atoms with van der Waals surface area (Å²) in [6.07, 6.45) is 6.89. The van der Waals surface area contributed by atoms with Gasteiger partial charge in [-0.2, -0.15) is 9.13 Å². The lowest BCUT2D eigenvalue weighted by Crippen LogP contribution is -3.00. The van der Waals surface area contributed by atoms with Crippen molar-refractivity contribution in [3.8, 4) is 35.6 Å². The molecule has 10 aromatic rings. The van der Waals surface area contributed by atoms with E-state index in [0.717, 1.165) is 57.1 Å². The molecule has 1 aromatic heterocycles. The molecule has 382 valence electrons. The van der Waals surface area contributed by atoms with Crippen molar-refractivity contribution in [1.82, 2.24) is 4.57 Å². The third-order valence-corrected chi connectivity index (χ3v) is 13.9. The molecule has 2 aliphatic rings. The van der Waals surface area contributed by atoms with E-state index in [4.69, 9.17) is 7.79 Å². The Bertz CT molecular complexity index is 3410. The van der Waals surface area contributed by atoms with Crippen LogP contribution in [-0.2, 0) is 0 Å². The largest absolute Gasteiger partial charge is 1.00 e. The number of nitrogens with zero attached hydrogens (tertiary/aromatic N) is 6. The van der Waals surface area contributed by atoms with Crippen LogP contribution in [0.15, 0.2) is 236 Å². The Kier molecular flexibility index (Phi) is 16.7. The number of halogens is 2. The molecule has 0 saturated heterocycles. The van der Waals surface area contributed by atoms with Crippen LogP contribution in [0.4, 0.5) is 49.9 Å². The third-order valence-electron chi connectivity index (χ3n) is 13.9. The number of hydrogen-bond acceptors (Lipinski definition) is 4. The van der Waals surface area contributed by atoms with E-state index in [2.05, 4.69) is 313 Å². The second-order valence-electron chi connectivity index (χ2n) is 18.7. The number of para-hydroxylation sites is 6. The number of rotatable bonds is 6. The lowest BCUT2D eigenvalue weighted by Gasteiger charge is -2.34. The molecule has 9 aromatic carbocycles. The van der Waals surface area contributed by atoms with Gasteiger partial charge in [-0.3, -0.25) is 24.0 Å². The van der Waals surface area contributed by atoms with E-state index in [9.17, 15) is 4.39 Å². The van der Waals surface area contributed by atoms with Gasteiger partial charge in [0.25, 0.3) is 6.33 Å². The summed E-state index contributed by atoms with van der Waals surface area (Å²) in [5.74, 6) is 9.21. The number of alkyl halides is 1. The van der Waals surface area contributed by atoms with Gasteiger partial charge in [-0.1, -0.05) is 115 Å². The number of terminal acetylenes is 1. The van der Waals surface area contributed by atoms with Crippen molar-refractivity contribution < 1.29 is 22.7 Å². The number of benzene rings is 9. The van der Waals surface area contributed by atoms with E-state index in [1.54, 1.807) is 6.92 Å². The molecular weight excluding hydrogens is 967 g/mol. The van der Waals surface area contributed by atoms with Gasteiger partial charge in [-0.25, -0.2) is 0 Å². The molecule has 8 heteroatoms. The maximum atomic E-state index is 9.96. The molecule has 0 aliphatic carbocycles. The molecule has 2 aliphatic heterocycles. The van der Waals surface area contributed by atoms with Crippen molar-refractivity contribution in [3.63, 3.8) is 0 Å². The van der Waals surface area contributed by atoms with Gasteiger partial charge in [0.1, 0.15) is 11.4 Å². The highest BCUT2D eigenvalue weighted by Crippen LogP contribution is 2.57. The molecule has 0 unspecified atom stereocenters. The molecular formula is C69H62ClFN6. The molecule has 0 N–H and O–H groups in total. The van der Waals surface area contributed by atoms with Crippen molar-refractivity contribution >= 4 is 56.5 Å². The average Bonchev–Trinajstić information content (AvgIpc) is 4.18. The zero-order valence-corrected chi connectivity index (χ0v) is 45.3. The van der Waals surface area contributed by atoms with E-state index < -0.39 is 7.15 Å². The minimum absolute atomic E-state index is 0. The van der Waals surface area contributed by atoms with E-state index in [0.29, 0.717) is 0 Å². The predicted molar refractivity (Wildman–Crippen MR) is 317 cm³/mol. The highest BCUT2D eigenvalue weighted by atomic mass is 35.5. The summed E-state index contributed by atoms with van der Waals surface area (Å²) in [7, 11) is -1.00. The Balaban J connectivity index is 0.000000209. The first-order valence-corrected chi connectivity index (χ1v) is 25.3. The molecule has 12 rings (SSSR count). The van der Waals surface area contributed by atoms with Crippen LogP contribution in [0.2, 0.25) is 0 Å². The fraction of sp³-hybridized carbons (Fsp3) is 0.116. The van der Waals surface area contributed by atoms with Crippen molar-refractivity contribution in [2.45, 2.75) is 48.5 Å². The normalized spacial score (nSPS) is 12.0. The lowest BCUT2D eigenvalue weighted by molar-refractivity contribution is -0.567. The summed E-state index contributed by atoms with van der Waals surface area (Å²) in [6, 6.07) is 78.0. The number of anilines is 8. The summed E-state index contributed by atoms with van der Waals surface area (Å²) in [5.41, 5.74) is 21.5. The number of aromatic nitrogens is 2. The van der Waals surface area contributed by atoms with Gasteiger partial charge < -0.3 is 12.4 Å². The smallest absolute Gasteiger partial charge is 0.255 e. The van der Waals surface area contributed by atoms with E-state index in [-0.39, 0.29) is 12.4 Å². The molecule has 0 bridgehead atoms. The van der Waals surface area contributed by atoms with E-state index in [1.807, 2.05) is 0 Å². The highest BCUT2D eigenvalue weighted by molar-refractivity contribution is 6.00. The van der Waals surface area contributed by atoms with E-state index in [1.165, 1.54) is 55.8 Å². The zero-order chi connectivity index (χ0) is 54.0. The summed E-state index contributed by atoms with van der Waals surface area (Å²) < 4.78 is 20.0. The molecule has 0 spiro atoms. The Labute approximate surface area is 462 Å². The third kappa shape index (κ3) is 10.8. The lowest BCUT2D eigenvalue weighted by atomic mass is 10.1. The van der Waals surface area contributed by atoms with Crippen LogP contribution in [0, 0.1) is 65.7 Å². The highest BCUT2D eigenvalue weighted by Gasteiger charge is 2.44. The zero-order valence-electron chi connectivity index (χ0n) is 45.6. The molecule has 0 radical (unpaired) electrons. The first-order chi connectivity index (χ1) is 37.6. The fourth-order valence-corrected chi connectivity index (χ4v) is 9.77. The molecule has 0 atom stereocenters. The predicted octanol–water partition coefficient (Wildman–Crippen LogP) is 14.1. The Morgan fingerprint density at radius 1 is 0.429 bits per heavy atom. The first-order valence-electron chi connectivity index (χ1n) is 26.0. The van der Waals surface area contributed by atoms with Gasteiger partial charge in [-0.15, -0.1) is 6.42 Å². The van der Waals surface area contributed by atoms with Gasteiger partial charge in [0.15, 0.2) is 22.7 Å². The fourth-order valence-electron chi connectivity index (χ4n) is 9.77. The van der Waals surface area contributed by atoms with Crippen LogP contribution in [0.3, 0.4) is 0 Å². The van der Waals surface area contributed by atoms with Gasteiger partial charge >= 0.3 is 0 Å². The standard InChI is InChI=1S/C42H36N4.C21H19N2.C5H4.CH3F.ClH/c1-29-25-37-38(26-30(29)2)44(34-19-11-6-12-20-34)41(43(37)33-17-9-5-10-18-33)42-45(35-21-13-7-14-22-35)39-27-31(3)32(4)28-40(39)46(42)36-23-15-8-16-24-36;1-16-13-20-21(14-17(16)2)23(19-11-7-4-8-12-19)15-22(20)18-9-5-3-6-10-18;1-3-5-4-2;1-2;/h5-28H,1-4H3;3-15H,1-2H3;1H,2H3;1H3;1H/q;+1;;;/p-1/i;;;1D;. The van der Waals surface area contributed by atoms with Crippen LogP contribution in [0.5, 0.6) is 0 Å². The number of hydrogen-bond donors (Lipinski definition) is 0. The second-order valence-corrected chi connectivity index (χ2v) is 18.7. The van der Waals surface area contributed by atoms with E-state index >= 15 is 0 Å². The molecule has 77 heavy (non-hydrogen) atoms. The first kappa shape index (κ1) is 52.6. The van der Waals surface area contributed by atoms with Crippen LogP contribution in [0.1, 0.15) is 41.7 Å². The Morgan fingerprint density at radius 2 is 0.714 bits per heavy atom. The maximum Gasteiger partial charge on any atom is 0.255 e. The number of aryl methyl sites for hydroxylation is 6. The Hall–Kier alpha value is -9.27. The van der Waals surface area contributed by atoms with Crippen LogP contribution >= 0.6 is 0 Å². The molecule has 0 saturated carbocycles. The van der Waals surface area contributed by atoms with Crippen molar-refractivity contribution in [2.24, 2.45) is 0 Å². The summed E-state index contributed by atoms with van der Waals surface area (Å²) >= 11 is 0. The van der Waals surface area contributed by atoms with Crippen molar-refractivity contribution in [2.75, 3.05) is 26.8 Å². The quantitative estimate of drug-likeness (QED) is 0.122. The molecule has 0 fully saturated rings. The van der Waals surface area contributed by atoms with Gasteiger partial charge in [0.2, 0.25) is 0 Å². The van der Waals surface area contributed by atoms with Crippen molar-refractivity contribution in [3.05, 3.63) is 270 Å². The molecule has 3 heterocycles. The number of imidazole rings is 1. The summed E-state index contributed by atoms with van der Waals surface area (Å²) in [6.45, 7) is 14.9. The van der Waals surface area contributed by atoms with Crippen LogP contribution < -0.4 is 36.6 Å². The van der Waals surface area contributed by atoms with Gasteiger partial charge in [0, 0.05) is 22.7 Å². The minimum Gasteiger partial charge on any atom is -1.00 e. The maximum absolute atomic E-state index is 9.96. The second kappa shape index (κ2) is 24.4. The van der Waals surface area contributed by atoms with Gasteiger partial charge in [-0.05, 0) is 203 Å². The van der Waals surface area contributed by atoms with Gasteiger partial charge in [0.05, 0.1) is 31.3 Å². The summed E-state index contributed by atoms with van der Waals surface area (Å²) in [4.78, 5) is 9.78. The minimum atomic E-state index is -1.00. The molecule has 0 amide bonds. The Morgan fingerprint density at radius 3 is 1.01 bits per heavy atom. The number of fused-ring (bicyclic) bond motifs is 3.